The molecular weight excluding hydrogens is 453 g/mol. The lowest BCUT2D eigenvalue weighted by molar-refractivity contribution is -0.215. The van der Waals surface area contributed by atoms with Gasteiger partial charge in [-0.3, -0.25) is 9.59 Å². The van der Waals surface area contributed by atoms with Gasteiger partial charge in [-0.25, -0.2) is 4.79 Å². The van der Waals surface area contributed by atoms with Crippen LogP contribution in [0, 0.1) is 11.8 Å². The maximum absolute atomic E-state index is 13.3. The van der Waals surface area contributed by atoms with E-state index in [-0.39, 0.29) is 18.9 Å². The van der Waals surface area contributed by atoms with Gasteiger partial charge in [-0.1, -0.05) is 45.9 Å². The molecule has 0 aromatic heterocycles. The molecule has 4 amide bonds. The Kier molecular flexibility index (Phi) is 9.31. The zero-order chi connectivity index (χ0) is 25.6. The highest BCUT2D eigenvalue weighted by Crippen LogP contribution is 2.27. The van der Waals surface area contributed by atoms with Crippen LogP contribution in [0.2, 0.25) is 0 Å². The van der Waals surface area contributed by atoms with Crippen molar-refractivity contribution >= 4 is 23.5 Å². The summed E-state index contributed by atoms with van der Waals surface area (Å²) in [4.78, 5) is 39.9. The van der Waals surface area contributed by atoms with Crippen LogP contribution < -0.4 is 16.0 Å². The van der Waals surface area contributed by atoms with E-state index in [1.54, 1.807) is 44.2 Å². The van der Waals surface area contributed by atoms with Crippen LogP contribution in [-0.4, -0.2) is 64.8 Å². The summed E-state index contributed by atoms with van der Waals surface area (Å²) in [5, 5.41) is 17.3. The van der Waals surface area contributed by atoms with Gasteiger partial charge >= 0.3 is 12.2 Å². The number of rotatable bonds is 8. The molecule has 1 aliphatic heterocycles. The molecule has 8 nitrogen and oxygen atoms in total. The Morgan fingerprint density at radius 1 is 1.03 bits per heavy atom. The fraction of sp³-hybridized carbons (Fsp3) is 0.609. The molecule has 190 valence electrons. The van der Waals surface area contributed by atoms with E-state index < -0.39 is 54.2 Å². The van der Waals surface area contributed by atoms with E-state index in [0.717, 1.165) is 0 Å². The Hall–Kier alpha value is -2.82. The Morgan fingerprint density at radius 2 is 1.65 bits per heavy atom. The van der Waals surface area contributed by atoms with Crippen molar-refractivity contribution < 1.29 is 32.7 Å². The molecule has 34 heavy (non-hydrogen) atoms. The van der Waals surface area contributed by atoms with Gasteiger partial charge in [0.15, 0.2) is 6.10 Å². The monoisotopic (exact) mass is 486 g/mol. The molecule has 2 unspecified atom stereocenters. The number of halogens is 3. The third-order valence-electron chi connectivity index (χ3n) is 5.79. The first-order valence-electron chi connectivity index (χ1n) is 11.3. The number of hydrogen-bond acceptors (Lipinski definition) is 4. The molecule has 1 aliphatic rings. The van der Waals surface area contributed by atoms with Crippen molar-refractivity contribution in [2.75, 3.05) is 11.9 Å². The van der Waals surface area contributed by atoms with E-state index in [1.807, 2.05) is 0 Å². The molecule has 0 radical (unpaired) electrons. The van der Waals surface area contributed by atoms with Gasteiger partial charge in [0.05, 0.1) is 6.04 Å². The van der Waals surface area contributed by atoms with Gasteiger partial charge in [0.25, 0.3) is 0 Å². The van der Waals surface area contributed by atoms with Crippen LogP contribution >= 0.6 is 0 Å². The third kappa shape index (κ3) is 7.09. The molecular formula is C23H33F3N4O4. The molecule has 4 N–H and O–H groups in total. The SMILES string of the molecule is CC(C)C(NC(=O)[C@@H]1CCCN1C(=O)[C@@H](NC(=O)Nc1ccccc1)C(C)C)C(O)C(F)(F)F. The first-order chi connectivity index (χ1) is 15.8. The highest BCUT2D eigenvalue weighted by atomic mass is 19.4. The first kappa shape index (κ1) is 27.4. The van der Waals surface area contributed by atoms with E-state index >= 15 is 0 Å². The largest absolute Gasteiger partial charge is 0.416 e. The number of urea groups is 1. The number of nitrogens with one attached hydrogen (secondary N) is 3. The van der Waals surface area contributed by atoms with Crippen LogP contribution in [0.15, 0.2) is 30.3 Å². The van der Waals surface area contributed by atoms with E-state index in [4.69, 9.17) is 0 Å². The molecule has 11 heteroatoms. The van der Waals surface area contributed by atoms with Gasteiger partial charge < -0.3 is 26.0 Å². The number of aliphatic hydroxyl groups excluding tert-OH is 1. The van der Waals surface area contributed by atoms with Crippen molar-refractivity contribution in [3.8, 4) is 0 Å². The van der Waals surface area contributed by atoms with Crippen LogP contribution in [0.4, 0.5) is 23.7 Å². The molecule has 1 fully saturated rings. The molecule has 0 spiro atoms. The van der Waals surface area contributed by atoms with Crippen LogP contribution in [0.1, 0.15) is 40.5 Å². The van der Waals surface area contributed by atoms with Crippen LogP contribution in [-0.2, 0) is 9.59 Å². The van der Waals surface area contributed by atoms with Crippen LogP contribution in [0.25, 0.3) is 0 Å². The minimum Gasteiger partial charge on any atom is -0.382 e. The van der Waals surface area contributed by atoms with Gasteiger partial charge in [-0.05, 0) is 36.8 Å². The quantitative estimate of drug-likeness (QED) is 0.453. The number of para-hydroxylation sites is 1. The number of likely N-dealkylation sites (tertiary alicyclic amines) is 1. The lowest BCUT2D eigenvalue weighted by Crippen LogP contribution is -2.59. The number of alkyl halides is 3. The maximum atomic E-state index is 13.3. The zero-order valence-electron chi connectivity index (χ0n) is 19.7. The second kappa shape index (κ2) is 11.5. The normalized spacial score (nSPS) is 19.0. The number of carbonyl (C=O) groups is 3. The number of nitrogens with zero attached hydrogens (tertiary/aromatic N) is 1. The second-order valence-corrected chi connectivity index (χ2v) is 9.14. The third-order valence-corrected chi connectivity index (χ3v) is 5.79. The van der Waals surface area contributed by atoms with Gasteiger partial charge in [0.1, 0.15) is 12.1 Å². The molecule has 4 atom stereocenters. The minimum absolute atomic E-state index is 0.232. The smallest absolute Gasteiger partial charge is 0.382 e. The molecule has 1 heterocycles. The number of aliphatic hydroxyl groups is 1. The Morgan fingerprint density at radius 3 is 2.18 bits per heavy atom. The van der Waals surface area contributed by atoms with E-state index in [2.05, 4.69) is 16.0 Å². The topological polar surface area (TPSA) is 111 Å². The molecule has 0 aliphatic carbocycles. The molecule has 1 saturated heterocycles. The number of amides is 4. The summed E-state index contributed by atoms with van der Waals surface area (Å²) in [7, 11) is 0. The van der Waals surface area contributed by atoms with Crippen molar-refractivity contribution in [3.63, 3.8) is 0 Å². The molecule has 2 rings (SSSR count). The summed E-state index contributed by atoms with van der Waals surface area (Å²) in [5.74, 6) is -2.26. The lowest BCUT2D eigenvalue weighted by atomic mass is 9.97. The summed E-state index contributed by atoms with van der Waals surface area (Å²) < 4.78 is 39.2. The first-order valence-corrected chi connectivity index (χ1v) is 11.3. The standard InChI is InChI=1S/C23H33F3N4O4/c1-13(2)17(19(31)23(24,25)26)28-20(32)16-11-8-12-30(16)21(33)18(14(3)4)29-22(34)27-15-9-6-5-7-10-15/h5-7,9-10,13-14,16-19,31H,8,11-12H2,1-4H3,(H,28,32)(H2,27,29,34)/t16-,17?,18-,19?/m0/s1. The predicted molar refractivity (Wildman–Crippen MR) is 121 cm³/mol. The maximum Gasteiger partial charge on any atom is 0.416 e. The van der Waals surface area contributed by atoms with Crippen molar-refractivity contribution in [3.05, 3.63) is 30.3 Å². The molecule has 0 bridgehead atoms. The summed E-state index contributed by atoms with van der Waals surface area (Å²) in [6.45, 7) is 6.63. The minimum atomic E-state index is -4.90. The summed E-state index contributed by atoms with van der Waals surface area (Å²) in [6.07, 6.45) is -6.87. The Bertz CT molecular complexity index is 848. The molecule has 1 aromatic carbocycles. The average Bonchev–Trinajstić information content (AvgIpc) is 3.24. The fourth-order valence-electron chi connectivity index (χ4n) is 3.90. The van der Waals surface area contributed by atoms with Gasteiger partial charge in [-0.2, -0.15) is 13.2 Å². The predicted octanol–water partition coefficient (Wildman–Crippen LogP) is 2.89. The summed E-state index contributed by atoms with van der Waals surface area (Å²) in [6, 6.07) is 4.57. The Labute approximate surface area is 197 Å². The Balaban J connectivity index is 2.11. The van der Waals surface area contributed by atoms with Crippen LogP contribution in [0.3, 0.4) is 0 Å². The van der Waals surface area contributed by atoms with Crippen molar-refractivity contribution in [1.29, 1.82) is 0 Å². The average molecular weight is 487 g/mol. The van der Waals surface area contributed by atoms with Crippen molar-refractivity contribution in [1.82, 2.24) is 15.5 Å². The number of carbonyl (C=O) groups excluding carboxylic acids is 3. The molecule has 0 saturated carbocycles. The van der Waals surface area contributed by atoms with E-state index in [1.165, 1.54) is 18.7 Å². The van der Waals surface area contributed by atoms with Gasteiger partial charge in [0.2, 0.25) is 11.8 Å². The van der Waals surface area contributed by atoms with E-state index in [9.17, 15) is 32.7 Å². The van der Waals surface area contributed by atoms with Gasteiger partial charge in [-0.15, -0.1) is 0 Å². The van der Waals surface area contributed by atoms with Gasteiger partial charge in [0, 0.05) is 12.2 Å². The highest BCUT2D eigenvalue weighted by molar-refractivity contribution is 5.95. The number of hydrogen-bond donors (Lipinski definition) is 4. The number of benzene rings is 1. The van der Waals surface area contributed by atoms with Crippen LogP contribution in [0.5, 0.6) is 0 Å². The zero-order valence-corrected chi connectivity index (χ0v) is 19.7. The van der Waals surface area contributed by atoms with Crippen molar-refractivity contribution in [2.45, 2.75) is 70.9 Å². The lowest BCUT2D eigenvalue weighted by Gasteiger charge is -2.33. The fourth-order valence-corrected chi connectivity index (χ4v) is 3.90. The summed E-state index contributed by atoms with van der Waals surface area (Å²) in [5.41, 5.74) is 0.538. The second-order valence-electron chi connectivity index (χ2n) is 9.14. The van der Waals surface area contributed by atoms with E-state index in [0.29, 0.717) is 12.1 Å². The number of anilines is 1. The molecule has 1 aromatic rings. The highest BCUT2D eigenvalue weighted by Gasteiger charge is 2.46. The van der Waals surface area contributed by atoms with Crippen molar-refractivity contribution in [2.24, 2.45) is 11.8 Å². The summed E-state index contributed by atoms with van der Waals surface area (Å²) >= 11 is 0.